The number of rotatable bonds is 7. The summed E-state index contributed by atoms with van der Waals surface area (Å²) in [6.07, 6.45) is 3.23. The van der Waals surface area contributed by atoms with E-state index < -0.39 is 0 Å². The van der Waals surface area contributed by atoms with Crippen LogP contribution in [0.3, 0.4) is 0 Å². The highest BCUT2D eigenvalue weighted by Gasteiger charge is 2.16. The minimum Gasteiger partial charge on any atom is -0.396 e. The molecule has 1 saturated heterocycles. The monoisotopic (exact) mass is 319 g/mol. The molecule has 0 spiro atoms. The smallest absolute Gasteiger partial charge is 0.315 e. The second-order valence-electron chi connectivity index (χ2n) is 6.49. The molecule has 0 bridgehead atoms. The zero-order chi connectivity index (χ0) is 16.5. The molecule has 0 aliphatic carbocycles. The fraction of sp³-hybridized carbons (Fsp3) is 0.611. The number of hydrogen-bond donors (Lipinski definition) is 3. The average Bonchev–Trinajstić information content (AvgIpc) is 2.54. The van der Waals surface area contributed by atoms with Crippen molar-refractivity contribution in [2.45, 2.75) is 39.3 Å². The molecule has 3 N–H and O–H groups in total. The van der Waals surface area contributed by atoms with Gasteiger partial charge < -0.3 is 15.7 Å². The molecule has 0 saturated carbocycles. The second kappa shape index (κ2) is 9.53. The molecule has 2 rings (SSSR count). The molecule has 1 heterocycles. The van der Waals surface area contributed by atoms with E-state index in [0.717, 1.165) is 18.0 Å². The van der Waals surface area contributed by atoms with Crippen LogP contribution < -0.4 is 10.6 Å². The first-order valence-electron chi connectivity index (χ1n) is 8.60. The van der Waals surface area contributed by atoms with E-state index in [0.29, 0.717) is 19.5 Å². The van der Waals surface area contributed by atoms with Gasteiger partial charge in [0.25, 0.3) is 0 Å². The van der Waals surface area contributed by atoms with Crippen LogP contribution >= 0.6 is 0 Å². The van der Waals surface area contributed by atoms with Crippen LogP contribution in [0.2, 0.25) is 0 Å². The molecular weight excluding hydrogens is 290 g/mol. The Labute approximate surface area is 139 Å². The molecule has 23 heavy (non-hydrogen) atoms. The van der Waals surface area contributed by atoms with Crippen LogP contribution in [0, 0.1) is 5.92 Å². The predicted molar refractivity (Wildman–Crippen MR) is 92.1 cm³/mol. The second-order valence-corrected chi connectivity index (χ2v) is 6.49. The minimum atomic E-state index is -0.190. The van der Waals surface area contributed by atoms with Gasteiger partial charge in [-0.3, -0.25) is 4.90 Å². The Morgan fingerprint density at radius 1 is 1.26 bits per heavy atom. The lowest BCUT2D eigenvalue weighted by atomic mass is 9.99. The number of likely N-dealkylation sites (tertiary alicyclic amines) is 1. The molecule has 1 atom stereocenters. The third kappa shape index (κ3) is 6.59. The summed E-state index contributed by atoms with van der Waals surface area (Å²) in [6.45, 7) is 6.84. The number of carbonyl (C=O) groups is 1. The van der Waals surface area contributed by atoms with Crippen LogP contribution in [0.4, 0.5) is 4.79 Å². The summed E-state index contributed by atoms with van der Waals surface area (Å²) in [5.41, 5.74) is 2.42. The summed E-state index contributed by atoms with van der Waals surface area (Å²) in [7, 11) is 0. The molecule has 2 amide bonds. The summed E-state index contributed by atoms with van der Waals surface area (Å²) >= 11 is 0. The van der Waals surface area contributed by atoms with Gasteiger partial charge >= 0.3 is 6.03 Å². The van der Waals surface area contributed by atoms with E-state index in [4.69, 9.17) is 5.11 Å². The minimum absolute atomic E-state index is 0.0948. The van der Waals surface area contributed by atoms with E-state index in [9.17, 15) is 4.79 Å². The molecule has 1 aromatic rings. The van der Waals surface area contributed by atoms with Crippen molar-refractivity contribution in [2.75, 3.05) is 26.2 Å². The fourth-order valence-electron chi connectivity index (χ4n) is 2.98. The van der Waals surface area contributed by atoms with Crippen LogP contribution in [-0.2, 0) is 13.1 Å². The van der Waals surface area contributed by atoms with Crippen molar-refractivity contribution in [3.63, 3.8) is 0 Å². The average molecular weight is 319 g/mol. The molecule has 1 aromatic carbocycles. The first-order chi connectivity index (χ1) is 11.2. The number of benzene rings is 1. The number of carbonyl (C=O) groups excluding carboxylic acids is 1. The third-order valence-electron chi connectivity index (χ3n) is 4.24. The number of nitrogens with one attached hydrogen (secondary N) is 2. The number of nitrogens with zero attached hydrogens (tertiary/aromatic N) is 1. The lowest BCUT2D eigenvalue weighted by Crippen LogP contribution is -2.35. The number of aliphatic hydroxyl groups is 1. The topological polar surface area (TPSA) is 64.6 Å². The zero-order valence-corrected chi connectivity index (χ0v) is 14.1. The highest BCUT2D eigenvalue weighted by atomic mass is 16.3. The van der Waals surface area contributed by atoms with Crippen LogP contribution in [0.5, 0.6) is 0 Å². The Balaban J connectivity index is 1.72. The summed E-state index contributed by atoms with van der Waals surface area (Å²) in [4.78, 5) is 14.1. The third-order valence-corrected chi connectivity index (χ3v) is 4.24. The molecule has 128 valence electrons. The normalized spacial score (nSPS) is 18.6. The number of amides is 2. The summed E-state index contributed by atoms with van der Waals surface area (Å²) in [6, 6.07) is 8.28. The van der Waals surface area contributed by atoms with E-state index in [1.807, 2.05) is 0 Å². The standard InChI is InChI=1S/C18H29N3O2/c1-15-4-2-10-21(13-15)14-17-7-5-16(6-8-17)12-20-18(23)19-9-3-11-22/h5-8,15,22H,2-4,9-14H2,1H3,(H2,19,20,23). The van der Waals surface area contributed by atoms with Crippen molar-refractivity contribution < 1.29 is 9.90 Å². The highest BCUT2D eigenvalue weighted by Crippen LogP contribution is 2.18. The van der Waals surface area contributed by atoms with Crippen LogP contribution in [0.1, 0.15) is 37.3 Å². The molecule has 1 aliphatic heterocycles. The molecule has 5 nitrogen and oxygen atoms in total. The quantitative estimate of drug-likeness (QED) is 0.674. The van der Waals surface area contributed by atoms with Gasteiger partial charge in [0.1, 0.15) is 0 Å². The first kappa shape index (κ1) is 17.8. The van der Waals surface area contributed by atoms with Crippen molar-refractivity contribution >= 4 is 6.03 Å². The maximum Gasteiger partial charge on any atom is 0.315 e. The van der Waals surface area contributed by atoms with E-state index >= 15 is 0 Å². The van der Waals surface area contributed by atoms with E-state index in [-0.39, 0.29) is 12.6 Å². The van der Waals surface area contributed by atoms with Gasteiger partial charge in [0, 0.05) is 32.8 Å². The first-order valence-corrected chi connectivity index (χ1v) is 8.60. The van der Waals surface area contributed by atoms with Crippen LogP contribution in [-0.4, -0.2) is 42.3 Å². The molecular formula is C18H29N3O2. The molecule has 0 radical (unpaired) electrons. The maximum absolute atomic E-state index is 11.5. The van der Waals surface area contributed by atoms with Gasteiger partial charge in [-0.05, 0) is 42.9 Å². The van der Waals surface area contributed by atoms with Crippen molar-refractivity contribution in [3.8, 4) is 0 Å². The SMILES string of the molecule is CC1CCCN(Cc2ccc(CNC(=O)NCCCO)cc2)C1. The zero-order valence-electron chi connectivity index (χ0n) is 14.1. The predicted octanol–water partition coefficient (Wildman–Crippen LogP) is 2.10. The van der Waals surface area contributed by atoms with Crippen molar-refractivity contribution in [1.29, 1.82) is 0 Å². The van der Waals surface area contributed by atoms with Crippen molar-refractivity contribution in [1.82, 2.24) is 15.5 Å². The number of urea groups is 1. The van der Waals surface area contributed by atoms with Gasteiger partial charge in [0.05, 0.1) is 0 Å². The lowest BCUT2D eigenvalue weighted by molar-refractivity contribution is 0.176. The van der Waals surface area contributed by atoms with Gasteiger partial charge in [-0.2, -0.15) is 0 Å². The van der Waals surface area contributed by atoms with E-state index in [2.05, 4.69) is 46.7 Å². The Kier molecular flexibility index (Phi) is 7.36. The Hall–Kier alpha value is -1.59. The van der Waals surface area contributed by atoms with E-state index in [1.165, 1.54) is 31.5 Å². The van der Waals surface area contributed by atoms with Crippen LogP contribution in [0.15, 0.2) is 24.3 Å². The molecule has 1 fully saturated rings. The Morgan fingerprint density at radius 3 is 2.70 bits per heavy atom. The van der Waals surface area contributed by atoms with Crippen LogP contribution in [0.25, 0.3) is 0 Å². The van der Waals surface area contributed by atoms with Crippen molar-refractivity contribution in [2.24, 2.45) is 5.92 Å². The van der Waals surface area contributed by atoms with Gasteiger partial charge in [0.2, 0.25) is 0 Å². The molecule has 1 unspecified atom stereocenters. The van der Waals surface area contributed by atoms with Gasteiger partial charge in [0.15, 0.2) is 0 Å². The van der Waals surface area contributed by atoms with Gasteiger partial charge in [-0.1, -0.05) is 31.2 Å². The van der Waals surface area contributed by atoms with Crippen molar-refractivity contribution in [3.05, 3.63) is 35.4 Å². The number of hydrogen-bond acceptors (Lipinski definition) is 3. The fourth-order valence-corrected chi connectivity index (χ4v) is 2.98. The Bertz CT molecular complexity index is 476. The highest BCUT2D eigenvalue weighted by molar-refractivity contribution is 5.73. The lowest BCUT2D eigenvalue weighted by Gasteiger charge is -2.30. The maximum atomic E-state index is 11.5. The summed E-state index contributed by atoms with van der Waals surface area (Å²) < 4.78 is 0. The molecule has 5 heteroatoms. The Morgan fingerprint density at radius 2 is 2.00 bits per heavy atom. The number of aliphatic hydroxyl groups excluding tert-OH is 1. The van der Waals surface area contributed by atoms with Gasteiger partial charge in [-0.15, -0.1) is 0 Å². The molecule has 0 aromatic heterocycles. The van der Waals surface area contributed by atoms with Gasteiger partial charge in [-0.25, -0.2) is 4.79 Å². The largest absolute Gasteiger partial charge is 0.396 e. The summed E-state index contributed by atoms with van der Waals surface area (Å²) in [5, 5.41) is 14.2. The van der Waals surface area contributed by atoms with E-state index in [1.54, 1.807) is 0 Å². The number of piperidine rings is 1. The summed E-state index contributed by atoms with van der Waals surface area (Å²) in [5.74, 6) is 0.802. The molecule has 1 aliphatic rings.